The monoisotopic (exact) mass is 456 g/mol. The van der Waals surface area contributed by atoms with E-state index < -0.39 is 5.97 Å². The van der Waals surface area contributed by atoms with E-state index in [1.54, 1.807) is 26.5 Å². The summed E-state index contributed by atoms with van der Waals surface area (Å²) in [6.45, 7) is 1.25. The van der Waals surface area contributed by atoms with Crippen molar-refractivity contribution in [2.75, 3.05) is 38.1 Å². The molecule has 1 aliphatic rings. The molecule has 1 fully saturated rings. The topological polar surface area (TPSA) is 91.8 Å². The molecule has 0 unspecified atom stereocenters. The average Bonchev–Trinajstić information content (AvgIpc) is 3.50. The van der Waals surface area contributed by atoms with Crippen LogP contribution in [0.3, 0.4) is 0 Å². The second-order valence-electron chi connectivity index (χ2n) is 6.79. The van der Waals surface area contributed by atoms with Gasteiger partial charge in [0.2, 0.25) is 0 Å². The van der Waals surface area contributed by atoms with E-state index in [-0.39, 0.29) is 24.2 Å². The number of nitrogens with zero attached hydrogens (tertiary/aromatic N) is 3. The molecule has 3 heterocycles. The minimum atomic E-state index is -0.619. The number of ether oxygens (including phenoxy) is 1. The summed E-state index contributed by atoms with van der Waals surface area (Å²) < 4.78 is 5.15. The lowest BCUT2D eigenvalue weighted by Crippen LogP contribution is -2.52. The van der Waals surface area contributed by atoms with Gasteiger partial charge in [0.15, 0.2) is 12.3 Å². The number of piperazine rings is 1. The van der Waals surface area contributed by atoms with Crippen LogP contribution < -0.4 is 5.32 Å². The summed E-state index contributed by atoms with van der Waals surface area (Å²) >= 11 is 2.91. The number of carbonyl (C=O) groups excluding carboxylic acids is 3. The highest BCUT2D eigenvalue weighted by molar-refractivity contribution is 7.14. The Morgan fingerprint density at radius 3 is 2.45 bits per heavy atom. The maximum Gasteiger partial charge on any atom is 0.358 e. The molecule has 4 rings (SSSR count). The lowest BCUT2D eigenvalue weighted by atomic mass is 10.3. The third-order valence-electron chi connectivity index (χ3n) is 4.75. The van der Waals surface area contributed by atoms with Crippen molar-refractivity contribution in [3.63, 3.8) is 0 Å². The number of urea groups is 1. The van der Waals surface area contributed by atoms with Gasteiger partial charge in [0.1, 0.15) is 5.01 Å². The Hall–Kier alpha value is -3.24. The standard InChI is InChI=1S/C21H20N4O4S2/c26-18(12-29-20(27)17-14-31-19(23-17)15-6-11-30-13-15)24-7-9-25(10-8-24)21(28)22-16-4-2-1-3-5-16/h1-6,11,13-14H,7-10,12H2,(H,22,28). The first-order valence-corrected chi connectivity index (χ1v) is 11.5. The van der Waals surface area contributed by atoms with Gasteiger partial charge in [-0.25, -0.2) is 14.6 Å². The second-order valence-corrected chi connectivity index (χ2v) is 8.43. The summed E-state index contributed by atoms with van der Waals surface area (Å²) in [5.74, 6) is -0.906. The van der Waals surface area contributed by atoms with Gasteiger partial charge in [-0.2, -0.15) is 11.3 Å². The molecule has 0 spiro atoms. The van der Waals surface area contributed by atoms with Crippen molar-refractivity contribution in [1.82, 2.24) is 14.8 Å². The van der Waals surface area contributed by atoms with E-state index in [0.717, 1.165) is 16.3 Å². The Balaban J connectivity index is 1.22. The number of carbonyl (C=O) groups is 3. The van der Waals surface area contributed by atoms with Crippen molar-refractivity contribution in [1.29, 1.82) is 0 Å². The summed E-state index contributed by atoms with van der Waals surface area (Å²) in [5, 5.41) is 9.10. The summed E-state index contributed by atoms with van der Waals surface area (Å²) in [6.07, 6.45) is 0. The normalized spacial score (nSPS) is 13.7. The average molecular weight is 457 g/mol. The fourth-order valence-corrected chi connectivity index (χ4v) is 4.56. The van der Waals surface area contributed by atoms with E-state index in [4.69, 9.17) is 4.74 Å². The van der Waals surface area contributed by atoms with Crippen LogP contribution in [0.15, 0.2) is 52.5 Å². The Bertz CT molecular complexity index is 1040. The summed E-state index contributed by atoms with van der Waals surface area (Å²) in [4.78, 5) is 44.5. The van der Waals surface area contributed by atoms with Crippen LogP contribution in [0.5, 0.6) is 0 Å². The predicted molar refractivity (Wildman–Crippen MR) is 119 cm³/mol. The number of thiazole rings is 1. The summed E-state index contributed by atoms with van der Waals surface area (Å²) in [6, 6.07) is 10.9. The molecule has 1 aliphatic heterocycles. The molecule has 8 nitrogen and oxygen atoms in total. The smallest absolute Gasteiger partial charge is 0.358 e. The first-order valence-electron chi connectivity index (χ1n) is 9.64. The highest BCUT2D eigenvalue weighted by Gasteiger charge is 2.25. The van der Waals surface area contributed by atoms with Crippen LogP contribution in [0, 0.1) is 0 Å². The van der Waals surface area contributed by atoms with Crippen molar-refractivity contribution in [3.8, 4) is 10.6 Å². The van der Waals surface area contributed by atoms with Crippen molar-refractivity contribution in [2.24, 2.45) is 0 Å². The number of aromatic nitrogens is 1. The highest BCUT2D eigenvalue weighted by atomic mass is 32.1. The van der Waals surface area contributed by atoms with E-state index in [1.165, 1.54) is 11.3 Å². The van der Waals surface area contributed by atoms with Gasteiger partial charge in [-0.15, -0.1) is 11.3 Å². The molecule has 160 valence electrons. The number of thiophene rings is 1. The third-order valence-corrected chi connectivity index (χ3v) is 6.33. The maximum absolute atomic E-state index is 12.4. The molecule has 0 aliphatic carbocycles. The molecule has 0 bridgehead atoms. The van der Waals surface area contributed by atoms with Crippen molar-refractivity contribution in [2.45, 2.75) is 0 Å². The third kappa shape index (κ3) is 5.28. The second kappa shape index (κ2) is 9.71. The Morgan fingerprint density at radius 2 is 1.74 bits per heavy atom. The molecule has 3 amide bonds. The molecule has 1 saturated heterocycles. The van der Waals surface area contributed by atoms with E-state index in [2.05, 4.69) is 10.3 Å². The SMILES string of the molecule is O=C(OCC(=O)N1CCN(C(=O)Nc2ccccc2)CC1)c1csc(-c2ccsc2)n1. The zero-order valence-electron chi connectivity index (χ0n) is 16.5. The molecule has 3 aromatic rings. The van der Waals surface area contributed by atoms with E-state index in [1.807, 2.05) is 47.2 Å². The molecule has 0 saturated carbocycles. The molecular formula is C21H20N4O4S2. The highest BCUT2D eigenvalue weighted by Crippen LogP contribution is 2.25. The van der Waals surface area contributed by atoms with Crippen LogP contribution in [-0.2, 0) is 9.53 Å². The minimum Gasteiger partial charge on any atom is -0.451 e. The van der Waals surface area contributed by atoms with E-state index in [0.29, 0.717) is 26.2 Å². The van der Waals surface area contributed by atoms with E-state index >= 15 is 0 Å². The summed E-state index contributed by atoms with van der Waals surface area (Å²) in [7, 11) is 0. The zero-order valence-corrected chi connectivity index (χ0v) is 18.2. The van der Waals surface area contributed by atoms with Gasteiger partial charge < -0.3 is 19.9 Å². The quantitative estimate of drug-likeness (QED) is 0.594. The van der Waals surface area contributed by atoms with Gasteiger partial charge in [-0.3, -0.25) is 4.79 Å². The lowest BCUT2D eigenvalue weighted by Gasteiger charge is -2.34. The van der Waals surface area contributed by atoms with Crippen molar-refractivity contribution < 1.29 is 19.1 Å². The minimum absolute atomic E-state index is 0.196. The Labute approximate surface area is 187 Å². The van der Waals surface area contributed by atoms with Gasteiger partial charge in [-0.1, -0.05) is 18.2 Å². The molecular weight excluding hydrogens is 436 g/mol. The molecule has 0 atom stereocenters. The fourth-order valence-electron chi connectivity index (χ4n) is 3.06. The van der Waals surface area contributed by atoms with Crippen LogP contribution in [0.2, 0.25) is 0 Å². The number of para-hydroxylation sites is 1. The van der Waals surface area contributed by atoms with Crippen LogP contribution in [0.25, 0.3) is 10.6 Å². The molecule has 1 N–H and O–H groups in total. The first kappa shape index (κ1) is 21.0. The van der Waals surface area contributed by atoms with Gasteiger partial charge in [-0.05, 0) is 23.6 Å². The largest absolute Gasteiger partial charge is 0.451 e. The predicted octanol–water partition coefficient (Wildman–Crippen LogP) is 3.40. The fraction of sp³-hybridized carbons (Fsp3) is 0.238. The molecule has 0 radical (unpaired) electrons. The van der Waals surface area contributed by atoms with Crippen LogP contribution in [0.1, 0.15) is 10.5 Å². The molecule has 2 aromatic heterocycles. The molecule has 10 heteroatoms. The van der Waals surface area contributed by atoms with Crippen molar-refractivity contribution >= 4 is 46.3 Å². The van der Waals surface area contributed by atoms with Crippen molar-refractivity contribution in [3.05, 3.63) is 58.2 Å². The number of hydrogen-bond acceptors (Lipinski definition) is 7. The maximum atomic E-state index is 12.4. The lowest BCUT2D eigenvalue weighted by molar-refractivity contribution is -0.135. The van der Waals surface area contributed by atoms with Crippen LogP contribution in [-0.4, -0.2) is 65.5 Å². The van der Waals surface area contributed by atoms with E-state index in [9.17, 15) is 14.4 Å². The van der Waals surface area contributed by atoms with Crippen LogP contribution >= 0.6 is 22.7 Å². The summed E-state index contributed by atoms with van der Waals surface area (Å²) in [5.41, 5.74) is 1.88. The first-order chi connectivity index (χ1) is 15.1. The zero-order chi connectivity index (χ0) is 21.6. The Kier molecular flexibility index (Phi) is 6.58. The van der Waals surface area contributed by atoms with Gasteiger partial charge in [0.05, 0.1) is 0 Å². The number of rotatable bonds is 5. The van der Waals surface area contributed by atoms with Gasteiger partial charge >= 0.3 is 12.0 Å². The van der Waals surface area contributed by atoms with Crippen LogP contribution in [0.4, 0.5) is 10.5 Å². The number of esters is 1. The number of benzene rings is 1. The number of hydrogen-bond donors (Lipinski definition) is 1. The molecule has 1 aromatic carbocycles. The Morgan fingerprint density at radius 1 is 1.00 bits per heavy atom. The van der Waals surface area contributed by atoms with Gasteiger partial charge in [0.25, 0.3) is 5.91 Å². The molecule has 31 heavy (non-hydrogen) atoms. The van der Waals surface area contributed by atoms with Gasteiger partial charge in [0, 0.05) is 48.2 Å². The number of nitrogens with one attached hydrogen (secondary N) is 1. The number of amides is 3. The number of anilines is 1.